The summed E-state index contributed by atoms with van der Waals surface area (Å²) in [6, 6.07) is 14.9. The molecule has 2 aliphatic rings. The van der Waals surface area contributed by atoms with E-state index in [1.807, 2.05) is 6.20 Å². The monoisotopic (exact) mass is 359 g/mol. The van der Waals surface area contributed by atoms with Crippen molar-refractivity contribution in [2.45, 2.75) is 38.0 Å². The van der Waals surface area contributed by atoms with Crippen LogP contribution in [0.5, 0.6) is 0 Å². The molecule has 1 aromatic heterocycles. The Bertz CT molecular complexity index is 967. The molecule has 1 unspecified atom stereocenters. The molecule has 0 radical (unpaired) electrons. The maximum atomic E-state index is 12.7. The summed E-state index contributed by atoms with van der Waals surface area (Å²) < 4.78 is 0. The molecule has 5 rings (SSSR count). The van der Waals surface area contributed by atoms with E-state index in [9.17, 15) is 4.79 Å². The highest BCUT2D eigenvalue weighted by atomic mass is 16.2. The van der Waals surface area contributed by atoms with Crippen LogP contribution in [0.1, 0.15) is 43.7 Å². The fourth-order valence-corrected chi connectivity index (χ4v) is 4.61. The van der Waals surface area contributed by atoms with Gasteiger partial charge in [0.05, 0.1) is 6.20 Å². The Morgan fingerprint density at radius 3 is 2.70 bits per heavy atom. The van der Waals surface area contributed by atoms with Crippen LogP contribution in [0.2, 0.25) is 0 Å². The van der Waals surface area contributed by atoms with Crippen LogP contribution in [0.3, 0.4) is 0 Å². The molecule has 2 aromatic carbocycles. The largest absolute Gasteiger partial charge is 0.342 e. The number of aromatic amines is 1. The lowest BCUT2D eigenvalue weighted by Crippen LogP contribution is -2.44. The van der Waals surface area contributed by atoms with Crippen LogP contribution in [-0.4, -0.2) is 34.1 Å². The van der Waals surface area contributed by atoms with Crippen LogP contribution in [0, 0.1) is 5.92 Å². The summed E-state index contributed by atoms with van der Waals surface area (Å²) in [6.45, 7) is 1.72. The van der Waals surface area contributed by atoms with E-state index in [4.69, 9.17) is 0 Å². The van der Waals surface area contributed by atoms with Crippen molar-refractivity contribution < 1.29 is 4.79 Å². The summed E-state index contributed by atoms with van der Waals surface area (Å²) in [7, 11) is 0. The molecule has 4 heteroatoms. The number of aromatic nitrogens is 2. The van der Waals surface area contributed by atoms with Crippen molar-refractivity contribution in [1.82, 2.24) is 15.1 Å². The lowest BCUT2D eigenvalue weighted by Gasteiger charge is -2.37. The molecule has 4 nitrogen and oxygen atoms in total. The van der Waals surface area contributed by atoms with E-state index in [0.717, 1.165) is 38.8 Å². The fourth-order valence-electron chi connectivity index (χ4n) is 4.61. The molecule has 1 saturated heterocycles. The van der Waals surface area contributed by atoms with Crippen molar-refractivity contribution in [2.24, 2.45) is 5.92 Å². The minimum absolute atomic E-state index is 0.281. The van der Waals surface area contributed by atoms with Gasteiger partial charge in [-0.05, 0) is 42.0 Å². The zero-order valence-electron chi connectivity index (χ0n) is 15.5. The molecule has 1 aliphatic heterocycles. The van der Waals surface area contributed by atoms with Crippen molar-refractivity contribution >= 4 is 16.7 Å². The van der Waals surface area contributed by atoms with Crippen LogP contribution in [0.15, 0.2) is 48.7 Å². The number of fused-ring (bicyclic) bond motifs is 1. The van der Waals surface area contributed by atoms with Gasteiger partial charge in [-0.1, -0.05) is 48.9 Å². The molecular weight excluding hydrogens is 334 g/mol. The van der Waals surface area contributed by atoms with Gasteiger partial charge < -0.3 is 4.90 Å². The Hall–Kier alpha value is -2.62. The molecule has 27 heavy (non-hydrogen) atoms. The van der Waals surface area contributed by atoms with E-state index in [1.165, 1.54) is 34.0 Å². The molecule has 2 fully saturated rings. The van der Waals surface area contributed by atoms with E-state index in [1.54, 1.807) is 0 Å². The Labute approximate surface area is 159 Å². The number of nitrogens with one attached hydrogen (secondary N) is 1. The number of hydrogen-bond donors (Lipinski definition) is 1. The zero-order chi connectivity index (χ0) is 18.2. The van der Waals surface area contributed by atoms with Crippen molar-refractivity contribution in [3.63, 3.8) is 0 Å². The smallest absolute Gasteiger partial charge is 0.225 e. The van der Waals surface area contributed by atoms with Crippen LogP contribution in [0.25, 0.3) is 21.9 Å². The highest BCUT2D eigenvalue weighted by molar-refractivity contribution is 5.97. The molecule has 1 atom stereocenters. The van der Waals surface area contributed by atoms with E-state index >= 15 is 0 Å². The van der Waals surface area contributed by atoms with Gasteiger partial charge in [-0.2, -0.15) is 5.10 Å². The molecule has 1 aliphatic carbocycles. The minimum atomic E-state index is 0.281. The molecule has 2 heterocycles. The first-order valence-electron chi connectivity index (χ1n) is 10.1. The van der Waals surface area contributed by atoms with E-state index in [0.29, 0.717) is 11.8 Å². The summed E-state index contributed by atoms with van der Waals surface area (Å²) in [5, 5.41) is 10.1. The van der Waals surface area contributed by atoms with Crippen LogP contribution in [-0.2, 0) is 4.79 Å². The highest BCUT2D eigenvalue weighted by Gasteiger charge is 2.33. The van der Waals surface area contributed by atoms with Gasteiger partial charge in [0, 0.05) is 36.2 Å². The molecule has 3 aromatic rings. The molecule has 1 saturated carbocycles. The summed E-state index contributed by atoms with van der Waals surface area (Å²) in [4.78, 5) is 14.8. The molecule has 0 spiro atoms. The maximum absolute atomic E-state index is 12.7. The first-order chi connectivity index (χ1) is 13.3. The number of carbonyl (C=O) groups is 1. The van der Waals surface area contributed by atoms with Gasteiger partial charge >= 0.3 is 0 Å². The van der Waals surface area contributed by atoms with Crippen molar-refractivity contribution in [3.05, 3.63) is 54.4 Å². The number of nitrogens with zero attached hydrogens (tertiary/aromatic N) is 2. The summed E-state index contributed by atoms with van der Waals surface area (Å²) in [5.74, 6) is 0.986. The molecule has 138 valence electrons. The zero-order valence-corrected chi connectivity index (χ0v) is 15.5. The third kappa shape index (κ3) is 2.93. The number of likely N-dealkylation sites (tertiary alicyclic amines) is 1. The van der Waals surface area contributed by atoms with Crippen molar-refractivity contribution in [2.75, 3.05) is 13.1 Å². The Morgan fingerprint density at radius 2 is 1.85 bits per heavy atom. The Morgan fingerprint density at radius 1 is 1.00 bits per heavy atom. The number of carbonyl (C=O) groups excluding carboxylic acids is 1. The van der Waals surface area contributed by atoms with E-state index < -0.39 is 0 Å². The Balaban J connectivity index is 1.47. The van der Waals surface area contributed by atoms with Crippen molar-refractivity contribution in [1.29, 1.82) is 0 Å². The van der Waals surface area contributed by atoms with Gasteiger partial charge in [0.1, 0.15) is 0 Å². The lowest BCUT2D eigenvalue weighted by molar-refractivity contribution is -0.139. The quantitative estimate of drug-likeness (QED) is 0.734. The normalized spacial score (nSPS) is 20.6. The second kappa shape index (κ2) is 6.84. The highest BCUT2D eigenvalue weighted by Crippen LogP contribution is 2.37. The maximum Gasteiger partial charge on any atom is 0.225 e. The van der Waals surface area contributed by atoms with Gasteiger partial charge in [-0.25, -0.2) is 0 Å². The standard InChI is InChI=1S/C23H25N3O/c27-23(17-8-3-9-17)26-13-5-10-18(15-26)22-21(14-24-25-22)20-12-4-7-16-6-1-2-11-19(16)20/h1-2,4,6-7,11-12,14,17-18H,3,5,8-10,13,15H2,(H,24,25). The topological polar surface area (TPSA) is 49.0 Å². The average Bonchev–Trinajstić information content (AvgIpc) is 3.16. The van der Waals surface area contributed by atoms with E-state index in [-0.39, 0.29) is 5.92 Å². The fraction of sp³-hybridized carbons (Fsp3) is 0.391. The first kappa shape index (κ1) is 16.5. The third-order valence-corrected chi connectivity index (χ3v) is 6.34. The number of H-pyrrole nitrogens is 1. The molecule has 1 amide bonds. The summed E-state index contributed by atoms with van der Waals surface area (Å²) in [6.07, 6.45) is 7.48. The number of benzene rings is 2. The summed E-state index contributed by atoms with van der Waals surface area (Å²) >= 11 is 0. The van der Waals surface area contributed by atoms with E-state index in [2.05, 4.69) is 57.6 Å². The van der Waals surface area contributed by atoms with Crippen molar-refractivity contribution in [3.8, 4) is 11.1 Å². The van der Waals surface area contributed by atoms with Crippen LogP contribution >= 0.6 is 0 Å². The van der Waals surface area contributed by atoms with Gasteiger partial charge in [0.25, 0.3) is 0 Å². The number of rotatable bonds is 3. The van der Waals surface area contributed by atoms with Gasteiger partial charge in [-0.3, -0.25) is 9.89 Å². The van der Waals surface area contributed by atoms with Gasteiger partial charge in [0.15, 0.2) is 0 Å². The predicted octanol–water partition coefficient (Wildman–Crippen LogP) is 4.74. The molecule has 0 bridgehead atoms. The van der Waals surface area contributed by atoms with Crippen LogP contribution in [0.4, 0.5) is 0 Å². The SMILES string of the molecule is O=C(C1CCC1)N1CCCC(c2[nH]ncc2-c2cccc3ccccc23)C1. The first-order valence-corrected chi connectivity index (χ1v) is 10.1. The predicted molar refractivity (Wildman–Crippen MR) is 107 cm³/mol. The van der Waals surface area contributed by atoms with Crippen LogP contribution < -0.4 is 0 Å². The average molecular weight is 359 g/mol. The second-order valence-electron chi connectivity index (χ2n) is 7.98. The van der Waals surface area contributed by atoms with Gasteiger partial charge in [0.2, 0.25) is 5.91 Å². The number of amides is 1. The minimum Gasteiger partial charge on any atom is -0.342 e. The lowest BCUT2D eigenvalue weighted by atomic mass is 9.83. The van der Waals surface area contributed by atoms with Gasteiger partial charge in [-0.15, -0.1) is 0 Å². The number of piperidine rings is 1. The molecule has 1 N–H and O–H groups in total. The third-order valence-electron chi connectivity index (χ3n) is 6.34. The second-order valence-corrected chi connectivity index (χ2v) is 7.98. The Kier molecular flexibility index (Phi) is 4.19. The summed E-state index contributed by atoms with van der Waals surface area (Å²) in [5.41, 5.74) is 3.58. The molecular formula is C23H25N3O. The number of hydrogen-bond acceptors (Lipinski definition) is 2.